The van der Waals surface area contributed by atoms with Crippen LogP contribution in [-0.4, -0.2) is 49.1 Å². The molecular formula is C23H27N3O5. The van der Waals surface area contributed by atoms with Crippen molar-refractivity contribution in [1.29, 1.82) is 0 Å². The highest BCUT2D eigenvalue weighted by Gasteiger charge is 2.46. The number of nitrogens with zero attached hydrogens (tertiary/aromatic N) is 1. The van der Waals surface area contributed by atoms with Gasteiger partial charge in [-0.2, -0.15) is 0 Å². The van der Waals surface area contributed by atoms with Crippen molar-refractivity contribution >= 4 is 23.6 Å². The number of hydrogen-bond acceptors (Lipinski definition) is 5. The van der Waals surface area contributed by atoms with Gasteiger partial charge in [-0.15, -0.1) is 0 Å². The third kappa shape index (κ3) is 5.61. The van der Waals surface area contributed by atoms with Crippen molar-refractivity contribution in [3.63, 3.8) is 0 Å². The average molecular weight is 425 g/mol. The fourth-order valence-electron chi connectivity index (χ4n) is 3.41. The summed E-state index contributed by atoms with van der Waals surface area (Å²) in [4.78, 5) is 39.0. The summed E-state index contributed by atoms with van der Waals surface area (Å²) in [5.74, 6) is -0.452. The van der Waals surface area contributed by atoms with Crippen molar-refractivity contribution < 1.29 is 23.9 Å². The van der Waals surface area contributed by atoms with Crippen LogP contribution in [-0.2, 0) is 25.6 Å². The van der Waals surface area contributed by atoms with Crippen LogP contribution < -0.4 is 10.6 Å². The number of nitrogens with one attached hydrogen (secondary N) is 2. The maximum Gasteiger partial charge on any atom is 0.411 e. The SMILES string of the molecule is CCC(=O)Nc1cccc([C@@H]2OC(=O)N(Cc3ccccc3)[C@H]2C(=O)NCCOC)c1. The van der Waals surface area contributed by atoms with E-state index in [-0.39, 0.29) is 18.4 Å². The van der Waals surface area contributed by atoms with Crippen LogP contribution in [0.25, 0.3) is 0 Å². The predicted octanol–water partition coefficient (Wildman–Crippen LogP) is 2.86. The van der Waals surface area contributed by atoms with Crippen LogP contribution in [0.3, 0.4) is 0 Å². The van der Waals surface area contributed by atoms with E-state index in [2.05, 4.69) is 10.6 Å². The monoisotopic (exact) mass is 425 g/mol. The molecule has 1 heterocycles. The molecule has 2 N–H and O–H groups in total. The van der Waals surface area contributed by atoms with Gasteiger partial charge in [-0.05, 0) is 23.3 Å². The third-order valence-electron chi connectivity index (χ3n) is 4.97. The molecule has 8 heteroatoms. The largest absolute Gasteiger partial charge is 0.438 e. The zero-order valence-electron chi connectivity index (χ0n) is 17.7. The van der Waals surface area contributed by atoms with Crippen molar-refractivity contribution in [2.75, 3.05) is 25.6 Å². The zero-order valence-corrected chi connectivity index (χ0v) is 17.7. The van der Waals surface area contributed by atoms with Gasteiger partial charge in [0, 0.05) is 25.8 Å². The fraction of sp³-hybridized carbons (Fsp3) is 0.348. The van der Waals surface area contributed by atoms with E-state index in [1.807, 2.05) is 30.3 Å². The maximum atomic E-state index is 13.0. The highest BCUT2D eigenvalue weighted by atomic mass is 16.6. The Labute approximate surface area is 181 Å². The predicted molar refractivity (Wildman–Crippen MR) is 115 cm³/mol. The molecule has 2 aromatic rings. The third-order valence-corrected chi connectivity index (χ3v) is 4.97. The first kappa shape index (κ1) is 22.3. The maximum absolute atomic E-state index is 13.0. The first-order chi connectivity index (χ1) is 15.0. The molecule has 2 atom stereocenters. The molecule has 31 heavy (non-hydrogen) atoms. The summed E-state index contributed by atoms with van der Waals surface area (Å²) in [7, 11) is 1.55. The van der Waals surface area contributed by atoms with E-state index >= 15 is 0 Å². The highest BCUT2D eigenvalue weighted by Crippen LogP contribution is 2.35. The lowest BCUT2D eigenvalue weighted by Crippen LogP contribution is -2.47. The molecule has 8 nitrogen and oxygen atoms in total. The Kier molecular flexibility index (Phi) is 7.61. The van der Waals surface area contributed by atoms with Crippen LogP contribution in [0.2, 0.25) is 0 Å². The molecule has 1 saturated heterocycles. The second-order valence-corrected chi connectivity index (χ2v) is 7.17. The Morgan fingerprint density at radius 1 is 1.13 bits per heavy atom. The van der Waals surface area contributed by atoms with Crippen LogP contribution in [0.4, 0.5) is 10.5 Å². The number of amides is 3. The van der Waals surface area contributed by atoms with Gasteiger partial charge in [0.25, 0.3) is 0 Å². The van der Waals surface area contributed by atoms with E-state index < -0.39 is 18.2 Å². The Morgan fingerprint density at radius 2 is 1.90 bits per heavy atom. The first-order valence-electron chi connectivity index (χ1n) is 10.2. The van der Waals surface area contributed by atoms with Crippen LogP contribution >= 0.6 is 0 Å². The fourth-order valence-corrected chi connectivity index (χ4v) is 3.41. The van der Waals surface area contributed by atoms with Crippen LogP contribution in [0, 0.1) is 0 Å². The second-order valence-electron chi connectivity index (χ2n) is 7.17. The van der Waals surface area contributed by atoms with Crippen molar-refractivity contribution in [3.8, 4) is 0 Å². The first-order valence-corrected chi connectivity index (χ1v) is 10.2. The molecule has 1 aliphatic heterocycles. The number of methoxy groups -OCH3 is 1. The molecule has 0 aliphatic carbocycles. The van der Waals surface area contributed by atoms with Crippen LogP contribution in [0.15, 0.2) is 54.6 Å². The molecule has 1 aliphatic rings. The highest BCUT2D eigenvalue weighted by molar-refractivity contribution is 5.91. The summed E-state index contributed by atoms with van der Waals surface area (Å²) < 4.78 is 10.6. The summed E-state index contributed by atoms with van der Waals surface area (Å²) in [6.07, 6.45) is -1.03. The number of carbonyl (C=O) groups is 3. The van der Waals surface area contributed by atoms with Gasteiger partial charge in [0.05, 0.1) is 13.2 Å². The molecule has 164 valence electrons. The Bertz CT molecular complexity index is 918. The second kappa shape index (κ2) is 10.6. The molecule has 0 radical (unpaired) electrons. The van der Waals surface area contributed by atoms with Gasteiger partial charge in [0.2, 0.25) is 11.8 Å². The molecule has 0 unspecified atom stereocenters. The number of carbonyl (C=O) groups excluding carboxylic acids is 3. The van der Waals surface area contributed by atoms with E-state index in [4.69, 9.17) is 9.47 Å². The Morgan fingerprint density at radius 3 is 2.61 bits per heavy atom. The van der Waals surface area contributed by atoms with E-state index in [9.17, 15) is 14.4 Å². The molecular weight excluding hydrogens is 398 g/mol. The molecule has 3 amide bonds. The molecule has 0 aromatic heterocycles. The molecule has 1 fully saturated rings. The molecule has 0 saturated carbocycles. The van der Waals surface area contributed by atoms with Crippen molar-refractivity contribution in [2.45, 2.75) is 32.0 Å². The van der Waals surface area contributed by atoms with Gasteiger partial charge in [-0.3, -0.25) is 14.5 Å². The van der Waals surface area contributed by atoms with Crippen molar-refractivity contribution in [3.05, 3.63) is 65.7 Å². The molecule has 2 aromatic carbocycles. The number of benzene rings is 2. The smallest absolute Gasteiger partial charge is 0.411 e. The molecule has 0 spiro atoms. The lowest BCUT2D eigenvalue weighted by molar-refractivity contribution is -0.126. The van der Waals surface area contributed by atoms with E-state index in [0.29, 0.717) is 30.8 Å². The standard InChI is InChI=1S/C23H27N3O5/c1-3-19(27)25-18-11-7-10-17(14-18)21-20(22(28)24-12-13-30-2)26(23(29)31-21)15-16-8-5-4-6-9-16/h4-11,14,20-21H,3,12-13,15H2,1-2H3,(H,24,28)(H,25,27)/t20-,21+/m1/s1. The van der Waals surface area contributed by atoms with Crippen molar-refractivity contribution in [1.82, 2.24) is 10.2 Å². The number of cyclic esters (lactones) is 1. The lowest BCUT2D eigenvalue weighted by Gasteiger charge is -2.24. The van der Waals surface area contributed by atoms with Gasteiger partial charge in [-0.1, -0.05) is 49.4 Å². The summed E-state index contributed by atoms with van der Waals surface area (Å²) >= 11 is 0. The van der Waals surface area contributed by atoms with E-state index in [1.165, 1.54) is 4.90 Å². The minimum absolute atomic E-state index is 0.125. The Hall–Kier alpha value is -3.39. The molecule has 3 rings (SSSR count). The van der Waals surface area contributed by atoms with Crippen LogP contribution in [0.5, 0.6) is 0 Å². The van der Waals surface area contributed by atoms with Crippen molar-refractivity contribution in [2.24, 2.45) is 0 Å². The van der Waals surface area contributed by atoms with Gasteiger partial charge in [0.15, 0.2) is 12.1 Å². The summed E-state index contributed by atoms with van der Waals surface area (Å²) in [6.45, 7) is 2.68. The van der Waals surface area contributed by atoms with Gasteiger partial charge < -0.3 is 20.1 Å². The molecule has 0 bridgehead atoms. The van der Waals surface area contributed by atoms with Gasteiger partial charge in [-0.25, -0.2) is 4.79 Å². The summed E-state index contributed by atoms with van der Waals surface area (Å²) in [5.41, 5.74) is 2.10. The number of anilines is 1. The van der Waals surface area contributed by atoms with Gasteiger partial charge in [0.1, 0.15) is 0 Å². The number of ether oxygens (including phenoxy) is 2. The zero-order chi connectivity index (χ0) is 22.2. The normalized spacial score (nSPS) is 17.9. The number of rotatable bonds is 9. The lowest BCUT2D eigenvalue weighted by atomic mass is 10.00. The van der Waals surface area contributed by atoms with E-state index in [0.717, 1.165) is 5.56 Å². The average Bonchev–Trinajstić information content (AvgIpc) is 3.10. The minimum atomic E-state index is -0.860. The minimum Gasteiger partial charge on any atom is -0.438 e. The Balaban J connectivity index is 1.88. The summed E-state index contributed by atoms with van der Waals surface area (Å²) in [5, 5.41) is 5.60. The topological polar surface area (TPSA) is 97.0 Å². The van der Waals surface area contributed by atoms with E-state index in [1.54, 1.807) is 38.3 Å². The quantitative estimate of drug-likeness (QED) is 0.602. The summed E-state index contributed by atoms with van der Waals surface area (Å²) in [6, 6.07) is 15.6. The number of hydrogen-bond donors (Lipinski definition) is 2. The van der Waals surface area contributed by atoms with Gasteiger partial charge >= 0.3 is 6.09 Å². The van der Waals surface area contributed by atoms with Crippen LogP contribution in [0.1, 0.15) is 30.6 Å².